The van der Waals surface area contributed by atoms with Gasteiger partial charge < -0.3 is 4.90 Å². The number of nitrogens with zero attached hydrogens (tertiary/aromatic N) is 1. The number of hydrogen-bond donors (Lipinski definition) is 0. The SMILES string of the molecule is CC(=O)/C(C)=C/N(C(C)C)C(C)C. The van der Waals surface area contributed by atoms with Gasteiger partial charge in [0.15, 0.2) is 5.78 Å². The number of Topliss-reactive ketones (excluding diaryl/α,β-unsaturated/α-hetero) is 1. The molecule has 0 N–H and O–H groups in total. The molecule has 76 valence electrons. The summed E-state index contributed by atoms with van der Waals surface area (Å²) in [6.45, 7) is 12.0. The predicted molar refractivity (Wildman–Crippen MR) is 56.5 cm³/mol. The highest BCUT2D eigenvalue weighted by atomic mass is 16.1. The Kier molecular flexibility index (Phi) is 4.74. The van der Waals surface area contributed by atoms with Crippen LogP contribution in [0.2, 0.25) is 0 Å². The molecule has 0 aromatic rings. The lowest BCUT2D eigenvalue weighted by atomic mass is 10.2. The van der Waals surface area contributed by atoms with Gasteiger partial charge in [0.05, 0.1) is 0 Å². The van der Waals surface area contributed by atoms with Crippen LogP contribution in [0.1, 0.15) is 41.5 Å². The Morgan fingerprint density at radius 1 is 1.08 bits per heavy atom. The van der Waals surface area contributed by atoms with E-state index in [4.69, 9.17) is 0 Å². The molecule has 0 bridgehead atoms. The lowest BCUT2D eigenvalue weighted by Gasteiger charge is -2.29. The molecule has 13 heavy (non-hydrogen) atoms. The zero-order valence-electron chi connectivity index (χ0n) is 9.59. The fourth-order valence-electron chi connectivity index (χ4n) is 1.21. The normalized spacial score (nSPS) is 12.5. The minimum absolute atomic E-state index is 0.145. The van der Waals surface area contributed by atoms with E-state index in [0.29, 0.717) is 12.1 Å². The van der Waals surface area contributed by atoms with Crippen molar-refractivity contribution in [3.8, 4) is 0 Å². The maximum Gasteiger partial charge on any atom is 0.156 e. The average molecular weight is 183 g/mol. The van der Waals surface area contributed by atoms with Gasteiger partial charge in [-0.1, -0.05) is 0 Å². The maximum atomic E-state index is 11.0. The van der Waals surface area contributed by atoms with Crippen molar-refractivity contribution < 1.29 is 4.79 Å². The van der Waals surface area contributed by atoms with E-state index in [9.17, 15) is 4.79 Å². The second-order valence-electron chi connectivity index (χ2n) is 4.00. The first-order chi connectivity index (χ1) is 5.86. The summed E-state index contributed by atoms with van der Waals surface area (Å²) < 4.78 is 0. The monoisotopic (exact) mass is 183 g/mol. The Balaban J connectivity index is 4.59. The van der Waals surface area contributed by atoms with Gasteiger partial charge in [0.25, 0.3) is 0 Å². The second-order valence-corrected chi connectivity index (χ2v) is 4.00. The van der Waals surface area contributed by atoms with Crippen LogP contribution < -0.4 is 0 Å². The predicted octanol–water partition coefficient (Wildman–Crippen LogP) is 2.60. The van der Waals surface area contributed by atoms with E-state index >= 15 is 0 Å². The smallest absolute Gasteiger partial charge is 0.156 e. The molecule has 0 amide bonds. The van der Waals surface area contributed by atoms with Gasteiger partial charge in [-0.25, -0.2) is 0 Å². The number of rotatable bonds is 4. The zero-order chi connectivity index (χ0) is 10.6. The van der Waals surface area contributed by atoms with Crippen molar-refractivity contribution in [2.24, 2.45) is 0 Å². The van der Waals surface area contributed by atoms with Gasteiger partial charge in [0, 0.05) is 23.9 Å². The minimum Gasteiger partial charge on any atom is -0.372 e. The first-order valence-corrected chi connectivity index (χ1v) is 4.83. The van der Waals surface area contributed by atoms with Crippen molar-refractivity contribution in [1.82, 2.24) is 4.90 Å². The molecule has 2 heteroatoms. The summed E-state index contributed by atoms with van der Waals surface area (Å²) in [6, 6.07) is 0.878. The van der Waals surface area contributed by atoms with Crippen LogP contribution in [-0.4, -0.2) is 22.8 Å². The number of carbonyl (C=O) groups is 1. The van der Waals surface area contributed by atoms with Crippen molar-refractivity contribution >= 4 is 5.78 Å². The lowest BCUT2D eigenvalue weighted by molar-refractivity contribution is -0.113. The molecule has 0 aliphatic carbocycles. The summed E-state index contributed by atoms with van der Waals surface area (Å²) in [4.78, 5) is 13.2. The summed E-state index contributed by atoms with van der Waals surface area (Å²) in [5.41, 5.74) is 0.822. The van der Waals surface area contributed by atoms with E-state index in [2.05, 4.69) is 32.6 Å². The van der Waals surface area contributed by atoms with E-state index in [1.165, 1.54) is 0 Å². The second kappa shape index (κ2) is 5.05. The van der Waals surface area contributed by atoms with Crippen LogP contribution in [0.25, 0.3) is 0 Å². The standard InChI is InChI=1S/C11H21NO/c1-8(2)12(9(3)4)7-10(5)11(6)13/h7-9H,1-6H3/b10-7+. The van der Waals surface area contributed by atoms with Gasteiger partial charge in [-0.05, 0) is 41.5 Å². The van der Waals surface area contributed by atoms with Gasteiger partial charge in [-0.15, -0.1) is 0 Å². The third kappa shape index (κ3) is 4.11. The van der Waals surface area contributed by atoms with Crippen LogP contribution in [0.5, 0.6) is 0 Å². The summed E-state index contributed by atoms with van der Waals surface area (Å²) >= 11 is 0. The summed E-state index contributed by atoms with van der Waals surface area (Å²) in [6.07, 6.45) is 1.96. The maximum absolute atomic E-state index is 11.0. The van der Waals surface area contributed by atoms with Crippen LogP contribution >= 0.6 is 0 Å². The number of carbonyl (C=O) groups excluding carboxylic acids is 1. The molecular weight excluding hydrogens is 162 g/mol. The molecule has 0 atom stereocenters. The first-order valence-electron chi connectivity index (χ1n) is 4.83. The molecule has 0 fully saturated rings. The van der Waals surface area contributed by atoms with E-state index < -0.39 is 0 Å². The zero-order valence-corrected chi connectivity index (χ0v) is 9.59. The quantitative estimate of drug-likeness (QED) is 0.624. The van der Waals surface area contributed by atoms with Crippen LogP contribution in [0, 0.1) is 0 Å². The van der Waals surface area contributed by atoms with Gasteiger partial charge in [0.1, 0.15) is 0 Å². The molecule has 0 unspecified atom stereocenters. The van der Waals surface area contributed by atoms with Crippen LogP contribution in [0.15, 0.2) is 11.8 Å². The largest absolute Gasteiger partial charge is 0.372 e. The number of ketones is 1. The Morgan fingerprint density at radius 2 is 1.46 bits per heavy atom. The van der Waals surface area contributed by atoms with Gasteiger partial charge in [-0.3, -0.25) is 4.79 Å². The molecule has 0 aromatic carbocycles. The fraction of sp³-hybridized carbons (Fsp3) is 0.727. The summed E-state index contributed by atoms with van der Waals surface area (Å²) in [5, 5.41) is 0. The molecule has 0 radical (unpaired) electrons. The molecule has 0 saturated carbocycles. The molecule has 0 aromatic heterocycles. The van der Waals surface area contributed by atoms with Crippen molar-refractivity contribution in [3.05, 3.63) is 11.8 Å². The third-order valence-corrected chi connectivity index (χ3v) is 2.09. The van der Waals surface area contributed by atoms with Crippen molar-refractivity contribution in [1.29, 1.82) is 0 Å². The lowest BCUT2D eigenvalue weighted by Crippen LogP contribution is -2.32. The van der Waals surface area contributed by atoms with Crippen molar-refractivity contribution in [2.75, 3.05) is 0 Å². The third-order valence-electron chi connectivity index (χ3n) is 2.09. The van der Waals surface area contributed by atoms with Crippen LogP contribution in [0.3, 0.4) is 0 Å². The van der Waals surface area contributed by atoms with E-state index in [1.807, 2.05) is 13.1 Å². The molecule has 0 rings (SSSR count). The number of allylic oxidation sites excluding steroid dienone is 1. The fourth-order valence-corrected chi connectivity index (χ4v) is 1.21. The van der Waals surface area contributed by atoms with E-state index in [0.717, 1.165) is 5.57 Å². The molecular formula is C11H21NO. The van der Waals surface area contributed by atoms with Crippen molar-refractivity contribution in [3.63, 3.8) is 0 Å². The Hall–Kier alpha value is -0.790. The first kappa shape index (κ1) is 12.2. The van der Waals surface area contributed by atoms with Gasteiger partial charge >= 0.3 is 0 Å². The highest BCUT2D eigenvalue weighted by Crippen LogP contribution is 2.08. The Bertz CT molecular complexity index is 196. The van der Waals surface area contributed by atoms with E-state index in [-0.39, 0.29) is 5.78 Å². The molecule has 0 aliphatic rings. The number of hydrogen-bond acceptors (Lipinski definition) is 2. The summed E-state index contributed by atoms with van der Waals surface area (Å²) in [7, 11) is 0. The molecule has 0 saturated heterocycles. The van der Waals surface area contributed by atoms with Crippen LogP contribution in [-0.2, 0) is 4.79 Å². The molecule has 0 heterocycles. The topological polar surface area (TPSA) is 20.3 Å². The minimum atomic E-state index is 0.145. The van der Waals surface area contributed by atoms with E-state index in [1.54, 1.807) is 6.92 Å². The Labute approximate surface area is 81.6 Å². The van der Waals surface area contributed by atoms with Gasteiger partial charge in [-0.2, -0.15) is 0 Å². The summed E-state index contributed by atoms with van der Waals surface area (Å²) in [5.74, 6) is 0.145. The average Bonchev–Trinajstić information content (AvgIpc) is 1.97. The molecule has 0 aliphatic heterocycles. The van der Waals surface area contributed by atoms with Gasteiger partial charge in [0.2, 0.25) is 0 Å². The Morgan fingerprint density at radius 3 is 1.69 bits per heavy atom. The molecule has 2 nitrogen and oxygen atoms in total. The van der Waals surface area contributed by atoms with Crippen molar-refractivity contribution in [2.45, 2.75) is 53.6 Å². The highest BCUT2D eigenvalue weighted by molar-refractivity contribution is 5.92. The highest BCUT2D eigenvalue weighted by Gasteiger charge is 2.09. The molecule has 0 spiro atoms. The van der Waals surface area contributed by atoms with Crippen LogP contribution in [0.4, 0.5) is 0 Å².